The summed E-state index contributed by atoms with van der Waals surface area (Å²) >= 11 is 6.19. The summed E-state index contributed by atoms with van der Waals surface area (Å²) in [6.45, 7) is 8.76. The monoisotopic (exact) mass is 413 g/mol. The van der Waals surface area contributed by atoms with E-state index >= 15 is 0 Å². The maximum atomic E-state index is 13.1. The lowest BCUT2D eigenvalue weighted by atomic mass is 9.83. The number of hydrogen-bond donors (Lipinski definition) is 1. The van der Waals surface area contributed by atoms with Gasteiger partial charge in [-0.15, -0.1) is 0 Å². The highest BCUT2D eigenvalue weighted by molar-refractivity contribution is 6.33. The van der Waals surface area contributed by atoms with Crippen molar-refractivity contribution in [1.29, 1.82) is 0 Å². The Morgan fingerprint density at radius 2 is 1.69 bits per heavy atom. The summed E-state index contributed by atoms with van der Waals surface area (Å²) in [5, 5.41) is 3.41. The molecule has 1 aliphatic rings. The fourth-order valence-electron chi connectivity index (χ4n) is 3.60. The Labute approximate surface area is 177 Å². The minimum atomic E-state index is -0.566. The lowest BCUT2D eigenvalue weighted by molar-refractivity contribution is -0.138. The Morgan fingerprint density at radius 1 is 1.03 bits per heavy atom. The van der Waals surface area contributed by atoms with Crippen molar-refractivity contribution >= 4 is 29.1 Å². The van der Waals surface area contributed by atoms with Gasteiger partial charge in [0.1, 0.15) is 0 Å². The molecular weight excluding hydrogens is 386 g/mol. The first-order valence-electron chi connectivity index (χ1n) is 9.90. The van der Waals surface area contributed by atoms with Crippen molar-refractivity contribution in [3.8, 4) is 0 Å². The average Bonchev–Trinajstić information content (AvgIpc) is 2.71. The zero-order valence-corrected chi connectivity index (χ0v) is 18.0. The molecule has 0 aromatic heterocycles. The summed E-state index contributed by atoms with van der Waals surface area (Å²) in [7, 11) is 0. The van der Waals surface area contributed by atoms with Crippen molar-refractivity contribution in [2.45, 2.75) is 26.2 Å². The van der Waals surface area contributed by atoms with Crippen molar-refractivity contribution in [2.75, 3.05) is 38.0 Å². The van der Waals surface area contributed by atoms with Gasteiger partial charge < -0.3 is 10.2 Å². The van der Waals surface area contributed by atoms with E-state index in [4.69, 9.17) is 11.6 Å². The van der Waals surface area contributed by atoms with Gasteiger partial charge >= 0.3 is 0 Å². The van der Waals surface area contributed by atoms with Gasteiger partial charge in [-0.1, -0.05) is 48.0 Å². The summed E-state index contributed by atoms with van der Waals surface area (Å²) in [5.74, 6) is 0.0272. The Kier molecular flexibility index (Phi) is 6.60. The van der Waals surface area contributed by atoms with Crippen molar-refractivity contribution in [2.24, 2.45) is 0 Å². The van der Waals surface area contributed by atoms with Gasteiger partial charge in [0.2, 0.25) is 11.8 Å². The third kappa shape index (κ3) is 5.17. The number of carbonyl (C=O) groups excluding carboxylic acids is 2. The smallest absolute Gasteiger partial charge is 0.238 e. The summed E-state index contributed by atoms with van der Waals surface area (Å²) < 4.78 is 0. The van der Waals surface area contributed by atoms with Crippen molar-refractivity contribution in [1.82, 2.24) is 9.80 Å². The molecule has 6 heteroatoms. The van der Waals surface area contributed by atoms with Crippen LogP contribution in [0.5, 0.6) is 0 Å². The second-order valence-corrected chi connectivity index (χ2v) is 8.50. The molecule has 1 aliphatic heterocycles. The molecule has 0 unspecified atom stereocenters. The van der Waals surface area contributed by atoms with Crippen molar-refractivity contribution < 1.29 is 9.59 Å². The van der Waals surface area contributed by atoms with Crippen LogP contribution in [0.3, 0.4) is 0 Å². The second kappa shape index (κ2) is 8.97. The molecule has 0 saturated carbocycles. The third-order valence-corrected chi connectivity index (χ3v) is 5.77. The van der Waals surface area contributed by atoms with Gasteiger partial charge in [0.25, 0.3) is 0 Å². The van der Waals surface area contributed by atoms with E-state index in [1.165, 1.54) is 0 Å². The van der Waals surface area contributed by atoms with Gasteiger partial charge in [0, 0.05) is 26.2 Å². The zero-order valence-electron chi connectivity index (χ0n) is 17.2. The van der Waals surface area contributed by atoms with Crippen LogP contribution >= 0.6 is 11.6 Å². The molecule has 2 aromatic rings. The highest BCUT2D eigenvalue weighted by Gasteiger charge is 2.35. The van der Waals surface area contributed by atoms with Crippen LogP contribution in [-0.4, -0.2) is 54.3 Å². The fourth-order valence-corrected chi connectivity index (χ4v) is 3.88. The maximum Gasteiger partial charge on any atom is 0.238 e. The van der Waals surface area contributed by atoms with Gasteiger partial charge in [-0.25, -0.2) is 0 Å². The van der Waals surface area contributed by atoms with Crippen molar-refractivity contribution in [3.63, 3.8) is 0 Å². The SMILES string of the molecule is Cc1ccc(NC(=O)CN2CCN(C(=O)C(C)(C)c3ccccc3)CC2)c(Cl)c1. The predicted molar refractivity (Wildman–Crippen MR) is 117 cm³/mol. The van der Waals surface area contributed by atoms with Crippen molar-refractivity contribution in [3.05, 3.63) is 64.7 Å². The molecule has 1 fully saturated rings. The Morgan fingerprint density at radius 3 is 2.31 bits per heavy atom. The minimum absolute atomic E-state index is 0.0971. The molecule has 0 bridgehead atoms. The molecule has 1 N–H and O–H groups in total. The normalized spacial score (nSPS) is 15.2. The summed E-state index contributed by atoms with van der Waals surface area (Å²) in [4.78, 5) is 29.4. The lowest BCUT2D eigenvalue weighted by Gasteiger charge is -2.38. The number of piperazine rings is 1. The zero-order chi connectivity index (χ0) is 21.0. The highest BCUT2D eigenvalue weighted by atomic mass is 35.5. The topological polar surface area (TPSA) is 52.7 Å². The van der Waals surface area contributed by atoms with Crippen LogP contribution in [0.2, 0.25) is 5.02 Å². The number of aryl methyl sites for hydroxylation is 1. The van der Waals surface area contributed by atoms with Gasteiger partial charge in [-0.05, 0) is 44.0 Å². The summed E-state index contributed by atoms with van der Waals surface area (Å²) in [5.41, 5.74) is 2.12. The molecule has 2 amide bonds. The number of hydrogen-bond acceptors (Lipinski definition) is 3. The summed E-state index contributed by atoms with van der Waals surface area (Å²) in [6, 6.07) is 15.4. The largest absolute Gasteiger partial charge is 0.339 e. The van der Waals surface area contributed by atoms with Crippen LogP contribution in [0.25, 0.3) is 0 Å². The number of amides is 2. The van der Waals surface area contributed by atoms with Crippen LogP contribution in [0.15, 0.2) is 48.5 Å². The quantitative estimate of drug-likeness (QED) is 0.812. The maximum absolute atomic E-state index is 13.1. The lowest BCUT2D eigenvalue weighted by Crippen LogP contribution is -2.54. The number of carbonyl (C=O) groups is 2. The van der Waals surface area contributed by atoms with Gasteiger partial charge in [-0.3, -0.25) is 14.5 Å². The van der Waals surface area contributed by atoms with E-state index in [9.17, 15) is 9.59 Å². The molecule has 3 rings (SSSR count). The van der Waals surface area contributed by atoms with Gasteiger partial charge in [0.15, 0.2) is 0 Å². The fraction of sp³-hybridized carbons (Fsp3) is 0.391. The predicted octanol–water partition coefficient (Wildman–Crippen LogP) is 3.71. The molecule has 5 nitrogen and oxygen atoms in total. The third-order valence-electron chi connectivity index (χ3n) is 5.46. The van der Waals surface area contributed by atoms with E-state index in [0.29, 0.717) is 36.9 Å². The first-order chi connectivity index (χ1) is 13.8. The number of benzene rings is 2. The number of rotatable bonds is 5. The first-order valence-corrected chi connectivity index (χ1v) is 10.3. The number of anilines is 1. The first kappa shape index (κ1) is 21.3. The molecule has 0 atom stereocenters. The Bertz CT molecular complexity index is 875. The molecular formula is C23H28ClN3O2. The molecule has 0 radical (unpaired) electrons. The molecule has 1 heterocycles. The Hall–Kier alpha value is -2.37. The second-order valence-electron chi connectivity index (χ2n) is 8.09. The van der Waals surface area contributed by atoms with E-state index < -0.39 is 5.41 Å². The molecule has 0 spiro atoms. The van der Waals surface area contributed by atoms with Gasteiger partial charge in [-0.2, -0.15) is 0 Å². The average molecular weight is 414 g/mol. The van der Waals surface area contributed by atoms with E-state index in [0.717, 1.165) is 11.1 Å². The number of halogens is 1. The Balaban J connectivity index is 1.52. The standard InChI is InChI=1S/C23H28ClN3O2/c1-17-9-10-20(19(24)15-17)25-21(28)16-26-11-13-27(14-12-26)22(29)23(2,3)18-7-5-4-6-8-18/h4-10,15H,11-14,16H2,1-3H3,(H,25,28). The minimum Gasteiger partial charge on any atom is -0.339 e. The molecule has 2 aromatic carbocycles. The molecule has 0 aliphatic carbocycles. The molecule has 1 saturated heterocycles. The van der Waals surface area contributed by atoms with E-state index in [1.807, 2.05) is 74.2 Å². The molecule has 29 heavy (non-hydrogen) atoms. The van der Waals surface area contributed by atoms with E-state index in [-0.39, 0.29) is 18.4 Å². The number of nitrogens with zero attached hydrogens (tertiary/aromatic N) is 2. The molecule has 154 valence electrons. The van der Waals surface area contributed by atoms with Crippen LogP contribution in [0, 0.1) is 6.92 Å². The van der Waals surface area contributed by atoms with Gasteiger partial charge in [0.05, 0.1) is 22.7 Å². The van der Waals surface area contributed by atoms with Crippen LogP contribution in [-0.2, 0) is 15.0 Å². The number of nitrogens with one attached hydrogen (secondary N) is 1. The van der Waals surface area contributed by atoms with Crippen LogP contribution < -0.4 is 5.32 Å². The van der Waals surface area contributed by atoms with Crippen LogP contribution in [0.1, 0.15) is 25.0 Å². The highest BCUT2D eigenvalue weighted by Crippen LogP contribution is 2.26. The summed E-state index contributed by atoms with van der Waals surface area (Å²) in [6.07, 6.45) is 0. The van der Waals surface area contributed by atoms with E-state index in [2.05, 4.69) is 10.2 Å². The van der Waals surface area contributed by atoms with Crippen LogP contribution in [0.4, 0.5) is 5.69 Å². The van der Waals surface area contributed by atoms with E-state index in [1.54, 1.807) is 0 Å².